The maximum absolute atomic E-state index is 5.32. The molecular weight excluding hydrogens is 210 g/mol. The number of aromatic nitrogens is 3. The molecule has 86 valence electrons. The third kappa shape index (κ3) is 3.14. The molecule has 0 aliphatic rings. The third-order valence-electron chi connectivity index (χ3n) is 2.50. The van der Waals surface area contributed by atoms with Gasteiger partial charge in [-0.15, -0.1) is 0 Å². The van der Waals surface area contributed by atoms with Crippen molar-refractivity contribution in [3.63, 3.8) is 0 Å². The van der Waals surface area contributed by atoms with Gasteiger partial charge in [-0.1, -0.05) is 13.8 Å². The van der Waals surface area contributed by atoms with Crippen LogP contribution in [0.1, 0.15) is 38.9 Å². The van der Waals surface area contributed by atoms with Gasteiger partial charge in [-0.25, -0.2) is 0 Å². The standard InChI is InChI=1S/C10H19N3OS/c1-4-8(3)9-11-12-10(15)13(9)6-7-14-5-2/h8H,4-7H2,1-3H3,(H,12,15). The summed E-state index contributed by atoms with van der Waals surface area (Å²) >= 11 is 5.18. The zero-order chi connectivity index (χ0) is 11.3. The van der Waals surface area contributed by atoms with Gasteiger partial charge in [-0.2, -0.15) is 5.10 Å². The van der Waals surface area contributed by atoms with E-state index < -0.39 is 0 Å². The smallest absolute Gasteiger partial charge is 0.195 e. The molecule has 1 unspecified atom stereocenters. The van der Waals surface area contributed by atoms with Crippen molar-refractivity contribution in [2.45, 2.75) is 39.7 Å². The molecule has 0 aliphatic carbocycles. The lowest BCUT2D eigenvalue weighted by Gasteiger charge is -2.10. The first-order valence-corrected chi connectivity index (χ1v) is 5.84. The SMILES string of the molecule is CCOCCn1c(C(C)CC)n[nH]c1=S. The van der Waals surface area contributed by atoms with Crippen molar-refractivity contribution in [1.29, 1.82) is 0 Å². The lowest BCUT2D eigenvalue weighted by molar-refractivity contribution is 0.137. The minimum atomic E-state index is 0.430. The molecule has 1 aromatic heterocycles. The van der Waals surface area contributed by atoms with Crippen molar-refractivity contribution in [2.24, 2.45) is 0 Å². The first kappa shape index (κ1) is 12.4. The Hall–Kier alpha value is -0.680. The molecule has 1 N–H and O–H groups in total. The Kier molecular flexibility index (Phi) is 4.98. The van der Waals surface area contributed by atoms with Crippen LogP contribution in [0.2, 0.25) is 0 Å². The van der Waals surface area contributed by atoms with Gasteiger partial charge < -0.3 is 9.30 Å². The highest BCUT2D eigenvalue weighted by Crippen LogP contribution is 2.16. The van der Waals surface area contributed by atoms with Gasteiger partial charge in [0.25, 0.3) is 0 Å². The maximum atomic E-state index is 5.32. The van der Waals surface area contributed by atoms with E-state index in [0.29, 0.717) is 17.3 Å². The Morgan fingerprint density at radius 3 is 2.87 bits per heavy atom. The molecule has 0 saturated carbocycles. The molecule has 0 amide bonds. The first-order valence-electron chi connectivity index (χ1n) is 5.43. The summed E-state index contributed by atoms with van der Waals surface area (Å²) < 4.78 is 8.03. The first-order chi connectivity index (χ1) is 7.20. The second kappa shape index (κ2) is 6.02. The Morgan fingerprint density at radius 1 is 1.53 bits per heavy atom. The van der Waals surface area contributed by atoms with Crippen LogP contribution in [0, 0.1) is 4.77 Å². The monoisotopic (exact) mass is 229 g/mol. The highest BCUT2D eigenvalue weighted by molar-refractivity contribution is 7.71. The normalized spacial score (nSPS) is 13.0. The van der Waals surface area contributed by atoms with Crippen LogP contribution in [0.5, 0.6) is 0 Å². The topological polar surface area (TPSA) is 42.8 Å². The highest BCUT2D eigenvalue weighted by atomic mass is 32.1. The van der Waals surface area contributed by atoms with Crippen LogP contribution >= 0.6 is 12.2 Å². The van der Waals surface area contributed by atoms with Crippen LogP contribution in [0.4, 0.5) is 0 Å². The lowest BCUT2D eigenvalue weighted by atomic mass is 10.1. The minimum absolute atomic E-state index is 0.430. The molecule has 0 aliphatic heterocycles. The van der Waals surface area contributed by atoms with Crippen LogP contribution < -0.4 is 0 Å². The second-order valence-electron chi connectivity index (χ2n) is 3.54. The van der Waals surface area contributed by atoms with Crippen molar-refractivity contribution < 1.29 is 4.74 Å². The van der Waals surface area contributed by atoms with Gasteiger partial charge in [-0.05, 0) is 25.6 Å². The van der Waals surface area contributed by atoms with Crippen LogP contribution in [0.3, 0.4) is 0 Å². The van der Waals surface area contributed by atoms with E-state index in [4.69, 9.17) is 17.0 Å². The fraction of sp³-hybridized carbons (Fsp3) is 0.800. The molecule has 1 aromatic rings. The van der Waals surface area contributed by atoms with E-state index in [2.05, 4.69) is 24.0 Å². The number of rotatable bonds is 6. The number of ether oxygens (including phenoxy) is 1. The molecule has 15 heavy (non-hydrogen) atoms. The van der Waals surface area contributed by atoms with Crippen LogP contribution in [-0.4, -0.2) is 28.0 Å². The third-order valence-corrected chi connectivity index (χ3v) is 2.82. The Balaban J connectivity index is 2.75. The molecule has 1 heterocycles. The maximum Gasteiger partial charge on any atom is 0.195 e. The van der Waals surface area contributed by atoms with Crippen molar-refractivity contribution >= 4 is 12.2 Å². The van der Waals surface area contributed by atoms with Gasteiger partial charge in [-0.3, -0.25) is 5.10 Å². The fourth-order valence-corrected chi connectivity index (χ4v) is 1.64. The molecule has 0 radical (unpaired) electrons. The lowest BCUT2D eigenvalue weighted by Crippen LogP contribution is -2.11. The molecule has 5 heteroatoms. The molecule has 1 rings (SSSR count). The molecular formula is C10H19N3OS. The predicted molar refractivity (Wildman–Crippen MR) is 62.6 cm³/mol. The summed E-state index contributed by atoms with van der Waals surface area (Å²) in [7, 11) is 0. The van der Waals surface area contributed by atoms with Gasteiger partial charge >= 0.3 is 0 Å². The average Bonchev–Trinajstić information content (AvgIpc) is 2.60. The van der Waals surface area contributed by atoms with E-state index in [1.54, 1.807) is 0 Å². The molecule has 4 nitrogen and oxygen atoms in total. The van der Waals surface area contributed by atoms with Crippen molar-refractivity contribution in [3.05, 3.63) is 10.6 Å². The Labute approximate surface area is 95.7 Å². The van der Waals surface area contributed by atoms with Crippen LogP contribution in [0.15, 0.2) is 0 Å². The van der Waals surface area contributed by atoms with E-state index in [-0.39, 0.29) is 0 Å². The van der Waals surface area contributed by atoms with Gasteiger partial charge in [0.2, 0.25) is 0 Å². The van der Waals surface area contributed by atoms with E-state index >= 15 is 0 Å². The van der Waals surface area contributed by atoms with E-state index in [1.807, 2.05) is 11.5 Å². The van der Waals surface area contributed by atoms with Crippen LogP contribution in [-0.2, 0) is 11.3 Å². The molecule has 0 spiro atoms. The van der Waals surface area contributed by atoms with Crippen LogP contribution in [0.25, 0.3) is 0 Å². The quantitative estimate of drug-likeness (QED) is 0.602. The Morgan fingerprint density at radius 2 is 2.27 bits per heavy atom. The average molecular weight is 229 g/mol. The van der Waals surface area contributed by atoms with Crippen molar-refractivity contribution in [2.75, 3.05) is 13.2 Å². The number of aromatic amines is 1. The number of hydrogen-bond donors (Lipinski definition) is 1. The van der Waals surface area contributed by atoms with Gasteiger partial charge in [0.15, 0.2) is 4.77 Å². The summed E-state index contributed by atoms with van der Waals surface area (Å²) in [5.74, 6) is 1.46. The predicted octanol–water partition coefficient (Wildman–Crippen LogP) is 2.49. The summed E-state index contributed by atoms with van der Waals surface area (Å²) in [5.41, 5.74) is 0. The second-order valence-corrected chi connectivity index (χ2v) is 3.93. The summed E-state index contributed by atoms with van der Waals surface area (Å²) in [6.45, 7) is 8.50. The number of nitrogens with one attached hydrogen (secondary N) is 1. The van der Waals surface area contributed by atoms with E-state index in [1.165, 1.54) is 0 Å². The summed E-state index contributed by atoms with van der Waals surface area (Å²) in [4.78, 5) is 0. The van der Waals surface area contributed by atoms with Gasteiger partial charge in [0.1, 0.15) is 5.82 Å². The van der Waals surface area contributed by atoms with Gasteiger partial charge in [0, 0.05) is 12.5 Å². The molecule has 0 saturated heterocycles. The van der Waals surface area contributed by atoms with Crippen molar-refractivity contribution in [3.8, 4) is 0 Å². The van der Waals surface area contributed by atoms with Crippen molar-refractivity contribution in [1.82, 2.24) is 14.8 Å². The zero-order valence-corrected chi connectivity index (χ0v) is 10.4. The summed E-state index contributed by atoms with van der Waals surface area (Å²) in [5, 5.41) is 7.10. The fourth-order valence-electron chi connectivity index (χ4n) is 1.40. The number of H-pyrrole nitrogens is 1. The highest BCUT2D eigenvalue weighted by Gasteiger charge is 2.11. The molecule has 1 atom stereocenters. The zero-order valence-electron chi connectivity index (χ0n) is 9.62. The van der Waals surface area contributed by atoms with Gasteiger partial charge in [0.05, 0.1) is 13.2 Å². The van der Waals surface area contributed by atoms with E-state index in [9.17, 15) is 0 Å². The summed E-state index contributed by atoms with van der Waals surface area (Å²) in [6, 6.07) is 0. The molecule has 0 aromatic carbocycles. The number of hydrogen-bond acceptors (Lipinski definition) is 3. The molecule has 0 bridgehead atoms. The van der Waals surface area contributed by atoms with E-state index in [0.717, 1.165) is 25.4 Å². The number of nitrogens with zero attached hydrogens (tertiary/aromatic N) is 2. The molecule has 0 fully saturated rings. The Bertz CT molecular complexity index is 345. The largest absolute Gasteiger partial charge is 0.380 e. The minimum Gasteiger partial charge on any atom is -0.380 e. The summed E-state index contributed by atoms with van der Waals surface area (Å²) in [6.07, 6.45) is 1.06.